The van der Waals surface area contributed by atoms with Crippen molar-refractivity contribution >= 4 is 11.0 Å². The van der Waals surface area contributed by atoms with Crippen molar-refractivity contribution in [3.05, 3.63) is 54.9 Å². The van der Waals surface area contributed by atoms with Gasteiger partial charge >= 0.3 is 0 Å². The maximum Gasteiger partial charge on any atom is 0.144 e. The molecule has 0 bridgehead atoms. The minimum atomic E-state index is 0.176. The fourth-order valence-electron chi connectivity index (χ4n) is 3.30. The Kier molecular flexibility index (Phi) is 4.50. The summed E-state index contributed by atoms with van der Waals surface area (Å²) in [7, 11) is 1.72. The normalized spacial score (nSPS) is 12.5. The Hall–Kier alpha value is -2.99. The molecular weight excluding hydrogens is 328 g/mol. The number of ether oxygens (including phenoxy) is 1. The summed E-state index contributed by atoms with van der Waals surface area (Å²) < 4.78 is 12.6. The van der Waals surface area contributed by atoms with Crippen LogP contribution in [0.5, 0.6) is 0 Å². The van der Waals surface area contributed by atoms with Crippen LogP contribution in [0.1, 0.15) is 19.4 Å². The monoisotopic (exact) mass is 348 g/mol. The van der Waals surface area contributed by atoms with E-state index in [0.29, 0.717) is 6.61 Å². The summed E-state index contributed by atoms with van der Waals surface area (Å²) in [5.74, 6) is 0. The molecule has 0 N–H and O–H groups in total. The fraction of sp³-hybridized carbons (Fsp3) is 0.250. The van der Waals surface area contributed by atoms with Crippen molar-refractivity contribution in [2.24, 2.45) is 0 Å². The highest BCUT2D eigenvalue weighted by atomic mass is 16.6. The molecular formula is C20H20N4O2. The van der Waals surface area contributed by atoms with Gasteiger partial charge in [-0.25, -0.2) is 9.61 Å². The average Bonchev–Trinajstić information content (AvgIpc) is 3.33. The van der Waals surface area contributed by atoms with Crippen molar-refractivity contribution in [2.45, 2.75) is 19.4 Å². The van der Waals surface area contributed by atoms with Gasteiger partial charge in [-0.3, -0.25) is 0 Å². The van der Waals surface area contributed by atoms with Crippen LogP contribution < -0.4 is 0 Å². The SMILES string of the molecule is CC[C@H](COC)n1cnc(-c2ccccc2)c1-c1cccc2nonc12. The number of methoxy groups -OCH3 is 1. The van der Waals surface area contributed by atoms with E-state index < -0.39 is 0 Å². The van der Waals surface area contributed by atoms with Crippen LogP contribution >= 0.6 is 0 Å². The molecule has 2 aromatic heterocycles. The van der Waals surface area contributed by atoms with Crippen LogP contribution in [-0.2, 0) is 4.74 Å². The second-order valence-electron chi connectivity index (χ2n) is 6.17. The number of imidazole rings is 1. The zero-order chi connectivity index (χ0) is 17.9. The average molecular weight is 348 g/mol. The first-order chi connectivity index (χ1) is 12.8. The maximum atomic E-state index is 5.43. The van der Waals surface area contributed by atoms with Crippen LogP contribution in [0.2, 0.25) is 0 Å². The van der Waals surface area contributed by atoms with E-state index in [2.05, 4.69) is 33.9 Å². The van der Waals surface area contributed by atoms with Crippen LogP contribution in [0.25, 0.3) is 33.5 Å². The Balaban J connectivity index is 1.98. The molecule has 4 aromatic rings. The van der Waals surface area contributed by atoms with Gasteiger partial charge in [-0.2, -0.15) is 0 Å². The van der Waals surface area contributed by atoms with Gasteiger partial charge in [-0.1, -0.05) is 49.4 Å². The molecule has 4 rings (SSSR count). The number of hydrogen-bond donors (Lipinski definition) is 0. The van der Waals surface area contributed by atoms with E-state index in [9.17, 15) is 0 Å². The van der Waals surface area contributed by atoms with Gasteiger partial charge in [0.2, 0.25) is 0 Å². The van der Waals surface area contributed by atoms with E-state index in [0.717, 1.165) is 40.0 Å². The van der Waals surface area contributed by atoms with Crippen molar-refractivity contribution in [3.8, 4) is 22.5 Å². The molecule has 132 valence electrons. The van der Waals surface area contributed by atoms with Crippen molar-refractivity contribution in [1.29, 1.82) is 0 Å². The summed E-state index contributed by atoms with van der Waals surface area (Å²) in [4.78, 5) is 4.73. The second kappa shape index (κ2) is 7.09. The molecule has 0 aliphatic heterocycles. The summed E-state index contributed by atoms with van der Waals surface area (Å²) in [6.45, 7) is 2.76. The van der Waals surface area contributed by atoms with Gasteiger partial charge < -0.3 is 9.30 Å². The first-order valence-electron chi connectivity index (χ1n) is 8.66. The van der Waals surface area contributed by atoms with E-state index in [1.807, 2.05) is 42.7 Å². The predicted molar refractivity (Wildman–Crippen MR) is 99.7 cm³/mol. The topological polar surface area (TPSA) is 66.0 Å². The third-order valence-corrected chi connectivity index (χ3v) is 4.61. The van der Waals surface area contributed by atoms with Crippen LogP contribution in [0.4, 0.5) is 0 Å². The molecule has 6 heteroatoms. The zero-order valence-electron chi connectivity index (χ0n) is 14.8. The number of rotatable bonds is 6. The number of aromatic nitrogens is 4. The standard InChI is InChI=1S/C20H20N4O2/c1-3-15(12-25-2)24-13-21-18(14-8-5-4-6-9-14)20(24)16-10-7-11-17-19(16)23-26-22-17/h4-11,13,15H,3,12H2,1-2H3/t15-/m1/s1. The Bertz CT molecular complexity index is 1010. The number of hydrogen-bond acceptors (Lipinski definition) is 5. The van der Waals surface area contributed by atoms with Gasteiger partial charge in [0.15, 0.2) is 0 Å². The third-order valence-electron chi connectivity index (χ3n) is 4.61. The lowest BCUT2D eigenvalue weighted by Crippen LogP contribution is -2.14. The van der Waals surface area contributed by atoms with Gasteiger partial charge in [-0.15, -0.1) is 0 Å². The van der Waals surface area contributed by atoms with Gasteiger partial charge in [0.1, 0.15) is 11.0 Å². The van der Waals surface area contributed by atoms with Gasteiger partial charge in [0.25, 0.3) is 0 Å². The molecule has 0 radical (unpaired) electrons. The summed E-state index contributed by atoms with van der Waals surface area (Å²) in [6.07, 6.45) is 2.82. The molecule has 0 unspecified atom stereocenters. The van der Waals surface area contributed by atoms with Crippen molar-refractivity contribution < 1.29 is 9.37 Å². The fourth-order valence-corrected chi connectivity index (χ4v) is 3.30. The third kappa shape index (κ3) is 2.78. The molecule has 0 saturated carbocycles. The second-order valence-corrected chi connectivity index (χ2v) is 6.17. The summed E-state index contributed by atoms with van der Waals surface area (Å²) >= 11 is 0. The Morgan fingerprint density at radius 3 is 2.69 bits per heavy atom. The molecule has 6 nitrogen and oxygen atoms in total. The lowest BCUT2D eigenvalue weighted by Gasteiger charge is -2.19. The molecule has 0 amide bonds. The first kappa shape index (κ1) is 16.5. The van der Waals surface area contributed by atoms with Crippen LogP contribution in [0.15, 0.2) is 59.5 Å². The van der Waals surface area contributed by atoms with E-state index in [1.165, 1.54) is 0 Å². The highest BCUT2D eigenvalue weighted by Gasteiger charge is 2.22. The molecule has 0 spiro atoms. The zero-order valence-corrected chi connectivity index (χ0v) is 14.8. The van der Waals surface area contributed by atoms with E-state index in [-0.39, 0.29) is 6.04 Å². The Morgan fingerprint density at radius 2 is 1.92 bits per heavy atom. The van der Waals surface area contributed by atoms with Crippen molar-refractivity contribution in [1.82, 2.24) is 19.9 Å². The summed E-state index contributed by atoms with van der Waals surface area (Å²) in [5.41, 5.74) is 5.39. The van der Waals surface area contributed by atoms with E-state index in [4.69, 9.17) is 14.3 Å². The van der Waals surface area contributed by atoms with E-state index in [1.54, 1.807) is 7.11 Å². The lowest BCUT2D eigenvalue weighted by atomic mass is 10.0. The molecule has 26 heavy (non-hydrogen) atoms. The van der Waals surface area contributed by atoms with Crippen molar-refractivity contribution in [2.75, 3.05) is 13.7 Å². The summed E-state index contributed by atoms with van der Waals surface area (Å²) in [6, 6.07) is 16.2. The number of nitrogens with zero attached hydrogens (tertiary/aromatic N) is 4. The first-order valence-corrected chi connectivity index (χ1v) is 8.66. The largest absolute Gasteiger partial charge is 0.383 e. The summed E-state index contributed by atoms with van der Waals surface area (Å²) in [5, 5.41) is 8.11. The minimum Gasteiger partial charge on any atom is -0.383 e. The number of benzene rings is 2. The van der Waals surface area contributed by atoms with Crippen LogP contribution in [0, 0.1) is 0 Å². The maximum absolute atomic E-state index is 5.43. The highest BCUT2D eigenvalue weighted by molar-refractivity contribution is 5.94. The van der Waals surface area contributed by atoms with Gasteiger partial charge in [-0.05, 0) is 22.8 Å². The molecule has 0 aliphatic rings. The minimum absolute atomic E-state index is 0.176. The van der Waals surface area contributed by atoms with Gasteiger partial charge in [0.05, 0.1) is 30.4 Å². The molecule has 0 fully saturated rings. The molecule has 1 atom stereocenters. The lowest BCUT2D eigenvalue weighted by molar-refractivity contribution is 0.154. The van der Waals surface area contributed by atoms with Crippen LogP contribution in [0.3, 0.4) is 0 Å². The van der Waals surface area contributed by atoms with E-state index >= 15 is 0 Å². The quantitative estimate of drug-likeness (QED) is 0.518. The van der Waals surface area contributed by atoms with Gasteiger partial charge in [0, 0.05) is 18.2 Å². The predicted octanol–water partition coefficient (Wildman–Crippen LogP) is 4.35. The van der Waals surface area contributed by atoms with Crippen LogP contribution in [-0.4, -0.2) is 33.6 Å². The highest BCUT2D eigenvalue weighted by Crippen LogP contribution is 2.36. The molecule has 2 heterocycles. The smallest absolute Gasteiger partial charge is 0.144 e. The molecule has 0 saturated heterocycles. The molecule has 2 aromatic carbocycles. The Morgan fingerprint density at radius 1 is 1.08 bits per heavy atom. The Labute approximate surface area is 151 Å². The number of fused-ring (bicyclic) bond motifs is 1. The molecule has 0 aliphatic carbocycles. The van der Waals surface area contributed by atoms with Crippen molar-refractivity contribution in [3.63, 3.8) is 0 Å².